The number of carboxylic acids is 1. The van der Waals surface area contributed by atoms with Gasteiger partial charge in [0.15, 0.2) is 11.7 Å². The van der Waals surface area contributed by atoms with Crippen molar-refractivity contribution in [2.45, 2.75) is 25.0 Å². The van der Waals surface area contributed by atoms with Crippen LogP contribution in [0.5, 0.6) is 0 Å². The summed E-state index contributed by atoms with van der Waals surface area (Å²) in [7, 11) is 0. The standard InChI is InChI=1S/C13H12N2O6/c16-11(9-3-4-10(20-9)12(17)18)14-6-1-2-8-7(5-6)15-13(19)21-8/h1-2,5,9-10H,3-4H2,(H,14,16)(H,15,19)(H,17,18)/t9-,10+/m0/s1. The first-order valence-electron chi connectivity index (χ1n) is 6.35. The molecule has 2 aromatic rings. The third-order valence-electron chi connectivity index (χ3n) is 3.27. The molecule has 2 heterocycles. The highest BCUT2D eigenvalue weighted by Gasteiger charge is 2.34. The number of oxazole rings is 1. The molecule has 0 aliphatic carbocycles. The number of hydrogen-bond donors (Lipinski definition) is 3. The number of ether oxygens (including phenoxy) is 1. The summed E-state index contributed by atoms with van der Waals surface area (Å²) < 4.78 is 10.0. The van der Waals surface area contributed by atoms with E-state index in [0.29, 0.717) is 29.6 Å². The molecule has 0 unspecified atom stereocenters. The largest absolute Gasteiger partial charge is 0.479 e. The molecule has 0 radical (unpaired) electrons. The molecule has 1 fully saturated rings. The molecule has 1 aliphatic heterocycles. The van der Waals surface area contributed by atoms with Crippen LogP contribution >= 0.6 is 0 Å². The molecule has 1 saturated heterocycles. The molecule has 110 valence electrons. The maximum Gasteiger partial charge on any atom is 0.417 e. The molecule has 21 heavy (non-hydrogen) atoms. The second-order valence-electron chi connectivity index (χ2n) is 4.74. The molecule has 8 nitrogen and oxygen atoms in total. The second kappa shape index (κ2) is 5.06. The Morgan fingerprint density at radius 2 is 2.05 bits per heavy atom. The van der Waals surface area contributed by atoms with E-state index in [2.05, 4.69) is 10.3 Å². The molecular weight excluding hydrogens is 280 g/mol. The van der Waals surface area contributed by atoms with E-state index in [1.165, 1.54) is 0 Å². The van der Waals surface area contributed by atoms with E-state index < -0.39 is 29.8 Å². The van der Waals surface area contributed by atoms with Crippen molar-refractivity contribution in [1.29, 1.82) is 0 Å². The number of H-pyrrole nitrogens is 1. The van der Waals surface area contributed by atoms with Crippen molar-refractivity contribution >= 4 is 28.7 Å². The molecule has 1 amide bonds. The Morgan fingerprint density at radius 3 is 2.76 bits per heavy atom. The number of fused-ring (bicyclic) bond motifs is 1. The number of rotatable bonds is 3. The van der Waals surface area contributed by atoms with Crippen molar-refractivity contribution < 1.29 is 23.8 Å². The van der Waals surface area contributed by atoms with E-state index in [1.807, 2.05) is 0 Å². The maximum absolute atomic E-state index is 12.0. The average Bonchev–Trinajstić information content (AvgIpc) is 3.03. The first-order chi connectivity index (χ1) is 10.0. The van der Waals surface area contributed by atoms with E-state index in [1.54, 1.807) is 18.2 Å². The predicted octanol–water partition coefficient (Wildman–Crippen LogP) is 0.692. The summed E-state index contributed by atoms with van der Waals surface area (Å²) in [5, 5.41) is 11.4. The first kappa shape index (κ1) is 13.4. The molecule has 0 bridgehead atoms. The Labute approximate surface area is 117 Å². The van der Waals surface area contributed by atoms with E-state index in [9.17, 15) is 14.4 Å². The third kappa shape index (κ3) is 2.65. The van der Waals surface area contributed by atoms with Crippen LogP contribution in [0.25, 0.3) is 11.1 Å². The summed E-state index contributed by atoms with van der Waals surface area (Å²) in [6.07, 6.45) is -1.06. The van der Waals surface area contributed by atoms with Crippen LogP contribution in [0.2, 0.25) is 0 Å². The van der Waals surface area contributed by atoms with Gasteiger partial charge in [-0.15, -0.1) is 0 Å². The van der Waals surface area contributed by atoms with Crippen LogP contribution in [0.15, 0.2) is 27.4 Å². The molecule has 1 aromatic carbocycles. The lowest BCUT2D eigenvalue weighted by Crippen LogP contribution is -2.29. The minimum absolute atomic E-state index is 0.307. The Morgan fingerprint density at radius 1 is 1.29 bits per heavy atom. The lowest BCUT2D eigenvalue weighted by Gasteiger charge is -2.11. The normalized spacial score (nSPS) is 21.5. The first-order valence-corrected chi connectivity index (χ1v) is 6.35. The number of carbonyl (C=O) groups is 2. The van der Waals surface area contributed by atoms with Gasteiger partial charge in [-0.25, -0.2) is 9.59 Å². The summed E-state index contributed by atoms with van der Waals surface area (Å²) in [6.45, 7) is 0. The molecule has 3 N–H and O–H groups in total. The van der Waals surface area contributed by atoms with Gasteiger partial charge < -0.3 is 19.6 Å². The molecule has 2 atom stereocenters. The third-order valence-corrected chi connectivity index (χ3v) is 3.27. The second-order valence-corrected chi connectivity index (χ2v) is 4.74. The SMILES string of the molecule is O=C(Nc1ccc2oc(=O)[nH]c2c1)[C@@H]1CC[C@H](C(=O)O)O1. The summed E-state index contributed by atoms with van der Waals surface area (Å²) in [5.74, 6) is -2.05. The lowest BCUT2D eigenvalue weighted by molar-refractivity contribution is -0.150. The van der Waals surface area contributed by atoms with E-state index in [0.717, 1.165) is 0 Å². The molecule has 8 heteroatoms. The van der Waals surface area contributed by atoms with Gasteiger partial charge in [0.1, 0.15) is 6.10 Å². The zero-order chi connectivity index (χ0) is 15.0. The fraction of sp³-hybridized carbons (Fsp3) is 0.308. The fourth-order valence-electron chi connectivity index (χ4n) is 2.26. The number of aromatic amines is 1. The summed E-state index contributed by atoms with van der Waals surface area (Å²) in [6, 6.07) is 4.70. The molecule has 1 aliphatic rings. The van der Waals surface area contributed by atoms with Gasteiger partial charge in [-0.3, -0.25) is 9.78 Å². The quantitative estimate of drug-likeness (QED) is 0.765. The number of carboxylic acid groups (broad SMARTS) is 1. The van der Waals surface area contributed by atoms with Gasteiger partial charge in [0.25, 0.3) is 5.91 Å². The summed E-state index contributed by atoms with van der Waals surface area (Å²) >= 11 is 0. The topological polar surface area (TPSA) is 122 Å². The van der Waals surface area contributed by atoms with Gasteiger partial charge in [-0.2, -0.15) is 0 Å². The van der Waals surface area contributed by atoms with Crippen molar-refractivity contribution in [3.05, 3.63) is 28.7 Å². The molecule has 0 saturated carbocycles. The van der Waals surface area contributed by atoms with E-state index in [4.69, 9.17) is 14.3 Å². The van der Waals surface area contributed by atoms with Crippen LogP contribution in [0, 0.1) is 0 Å². The Kier molecular flexibility index (Phi) is 3.22. The predicted molar refractivity (Wildman–Crippen MR) is 71.0 cm³/mol. The number of carbonyl (C=O) groups excluding carboxylic acids is 1. The minimum atomic E-state index is -1.07. The number of hydrogen-bond acceptors (Lipinski definition) is 5. The Balaban J connectivity index is 1.71. The van der Waals surface area contributed by atoms with E-state index in [-0.39, 0.29) is 0 Å². The number of benzene rings is 1. The number of amides is 1. The van der Waals surface area contributed by atoms with Crippen molar-refractivity contribution in [3.8, 4) is 0 Å². The van der Waals surface area contributed by atoms with Crippen LogP contribution in [0.3, 0.4) is 0 Å². The maximum atomic E-state index is 12.0. The Bertz CT molecular complexity index is 761. The number of anilines is 1. The van der Waals surface area contributed by atoms with Crippen molar-refractivity contribution in [2.24, 2.45) is 0 Å². The number of nitrogens with one attached hydrogen (secondary N) is 2. The van der Waals surface area contributed by atoms with Gasteiger partial charge in [0, 0.05) is 5.69 Å². The van der Waals surface area contributed by atoms with Gasteiger partial charge in [-0.05, 0) is 31.0 Å². The highest BCUT2D eigenvalue weighted by molar-refractivity contribution is 5.96. The molecule has 1 aromatic heterocycles. The van der Waals surface area contributed by atoms with Crippen LogP contribution in [-0.2, 0) is 14.3 Å². The van der Waals surface area contributed by atoms with Crippen molar-refractivity contribution in [2.75, 3.05) is 5.32 Å². The highest BCUT2D eigenvalue weighted by atomic mass is 16.5. The van der Waals surface area contributed by atoms with Crippen LogP contribution in [-0.4, -0.2) is 34.2 Å². The van der Waals surface area contributed by atoms with Gasteiger partial charge >= 0.3 is 11.7 Å². The van der Waals surface area contributed by atoms with Crippen LogP contribution < -0.4 is 11.1 Å². The van der Waals surface area contributed by atoms with Crippen molar-refractivity contribution in [3.63, 3.8) is 0 Å². The average molecular weight is 292 g/mol. The molecular formula is C13H12N2O6. The molecule has 3 rings (SSSR count). The Hall–Kier alpha value is -2.61. The number of aliphatic carboxylic acids is 1. The minimum Gasteiger partial charge on any atom is -0.479 e. The smallest absolute Gasteiger partial charge is 0.417 e. The molecule has 0 spiro atoms. The van der Waals surface area contributed by atoms with Gasteiger partial charge in [0.05, 0.1) is 5.52 Å². The van der Waals surface area contributed by atoms with Gasteiger partial charge in [-0.1, -0.05) is 0 Å². The van der Waals surface area contributed by atoms with Crippen LogP contribution in [0.4, 0.5) is 5.69 Å². The zero-order valence-corrected chi connectivity index (χ0v) is 10.8. The fourth-order valence-corrected chi connectivity index (χ4v) is 2.26. The number of aromatic nitrogens is 1. The van der Waals surface area contributed by atoms with Crippen molar-refractivity contribution in [1.82, 2.24) is 4.98 Å². The lowest BCUT2D eigenvalue weighted by atomic mass is 10.2. The monoisotopic (exact) mass is 292 g/mol. The summed E-state index contributed by atoms with van der Waals surface area (Å²) in [4.78, 5) is 36.3. The van der Waals surface area contributed by atoms with Crippen LogP contribution in [0.1, 0.15) is 12.8 Å². The van der Waals surface area contributed by atoms with E-state index >= 15 is 0 Å². The summed E-state index contributed by atoms with van der Waals surface area (Å²) in [5.41, 5.74) is 1.32. The zero-order valence-electron chi connectivity index (χ0n) is 10.8. The highest BCUT2D eigenvalue weighted by Crippen LogP contribution is 2.22. The van der Waals surface area contributed by atoms with Gasteiger partial charge in [0.2, 0.25) is 0 Å².